The Morgan fingerprint density at radius 1 is 1.00 bits per heavy atom. The van der Waals surface area contributed by atoms with E-state index in [4.69, 9.17) is 22.3 Å². The van der Waals surface area contributed by atoms with Gasteiger partial charge in [0.1, 0.15) is 11.2 Å². The van der Waals surface area contributed by atoms with E-state index in [0.29, 0.717) is 38.8 Å². The highest BCUT2D eigenvalue weighted by atomic mass is 79.9. The van der Waals surface area contributed by atoms with E-state index in [2.05, 4.69) is 21.0 Å². The third kappa shape index (κ3) is 3.73. The van der Waals surface area contributed by atoms with E-state index in [1.165, 1.54) is 15.4 Å². The molecule has 5 aromatic rings. The molecule has 0 fully saturated rings. The van der Waals surface area contributed by atoms with Crippen molar-refractivity contribution in [2.24, 2.45) is 5.73 Å². The summed E-state index contributed by atoms with van der Waals surface area (Å²) >= 11 is 9.89. The van der Waals surface area contributed by atoms with E-state index in [-0.39, 0.29) is 5.56 Å². The number of fused-ring (bicyclic) bond motifs is 1. The molecule has 33 heavy (non-hydrogen) atoms. The number of para-hydroxylation sites is 1. The summed E-state index contributed by atoms with van der Waals surface area (Å²) in [6.45, 7) is 0. The van der Waals surface area contributed by atoms with Crippen LogP contribution < -0.4 is 11.3 Å². The molecule has 3 aromatic carbocycles. The molecule has 5 rings (SSSR count). The van der Waals surface area contributed by atoms with Gasteiger partial charge in [0.25, 0.3) is 5.56 Å². The molecule has 0 spiro atoms. The van der Waals surface area contributed by atoms with Gasteiger partial charge in [-0.1, -0.05) is 57.9 Å². The average Bonchev–Trinajstić information content (AvgIpc) is 3.25. The highest BCUT2D eigenvalue weighted by Crippen LogP contribution is 2.27. The Kier molecular flexibility index (Phi) is 5.32. The number of primary amides is 1. The molecule has 9 heteroatoms. The lowest BCUT2D eigenvalue weighted by Crippen LogP contribution is -2.22. The lowest BCUT2D eigenvalue weighted by Gasteiger charge is -2.14. The number of carbonyl (C=O) groups is 1. The highest BCUT2D eigenvalue weighted by molar-refractivity contribution is 9.10. The Bertz CT molecular complexity index is 1590. The average molecular weight is 521 g/mol. The fourth-order valence-electron chi connectivity index (χ4n) is 3.60. The minimum Gasteiger partial charge on any atom is -0.366 e. The van der Waals surface area contributed by atoms with Gasteiger partial charge < -0.3 is 5.73 Å². The summed E-state index contributed by atoms with van der Waals surface area (Å²) in [6.07, 6.45) is 1.46. The van der Waals surface area contributed by atoms with Crippen LogP contribution in [0.5, 0.6) is 0 Å². The van der Waals surface area contributed by atoms with Crippen LogP contribution in [0.25, 0.3) is 33.8 Å². The van der Waals surface area contributed by atoms with Crippen molar-refractivity contribution < 1.29 is 4.79 Å². The third-order valence-corrected chi connectivity index (χ3v) is 6.02. The van der Waals surface area contributed by atoms with Gasteiger partial charge in [-0.15, -0.1) is 0 Å². The van der Waals surface area contributed by atoms with E-state index >= 15 is 0 Å². The third-order valence-electron chi connectivity index (χ3n) is 5.17. The van der Waals surface area contributed by atoms with Crippen molar-refractivity contribution in [3.8, 4) is 22.8 Å². The molecule has 0 saturated heterocycles. The zero-order chi connectivity index (χ0) is 23.1. The fourth-order valence-corrected chi connectivity index (χ4v) is 4.08. The van der Waals surface area contributed by atoms with Crippen molar-refractivity contribution in [1.29, 1.82) is 0 Å². The van der Waals surface area contributed by atoms with E-state index < -0.39 is 5.91 Å². The predicted molar refractivity (Wildman–Crippen MR) is 131 cm³/mol. The Morgan fingerprint density at radius 2 is 1.76 bits per heavy atom. The normalized spacial score (nSPS) is 11.1. The van der Waals surface area contributed by atoms with Crippen LogP contribution in [-0.2, 0) is 0 Å². The summed E-state index contributed by atoms with van der Waals surface area (Å²) in [5, 5.41) is 5.10. The molecule has 0 bridgehead atoms. The first-order valence-corrected chi connectivity index (χ1v) is 11.0. The first-order valence-electron chi connectivity index (χ1n) is 9.86. The number of rotatable bonds is 4. The minimum atomic E-state index is -0.558. The molecule has 1 amide bonds. The second-order valence-electron chi connectivity index (χ2n) is 7.24. The monoisotopic (exact) mass is 519 g/mol. The first kappa shape index (κ1) is 21.1. The van der Waals surface area contributed by atoms with Gasteiger partial charge in [0, 0.05) is 15.6 Å². The van der Waals surface area contributed by atoms with Gasteiger partial charge in [-0.05, 0) is 42.5 Å². The number of nitrogens with zero attached hydrogens (tertiary/aromatic N) is 4. The van der Waals surface area contributed by atoms with Gasteiger partial charge in [-0.3, -0.25) is 14.2 Å². The maximum absolute atomic E-state index is 13.7. The van der Waals surface area contributed by atoms with Crippen molar-refractivity contribution in [2.45, 2.75) is 0 Å². The molecular formula is C24H15BrClN5O2. The Morgan fingerprint density at radius 3 is 2.48 bits per heavy atom. The van der Waals surface area contributed by atoms with Gasteiger partial charge in [0.05, 0.1) is 22.6 Å². The summed E-state index contributed by atoms with van der Waals surface area (Å²) in [6, 6.07) is 21.2. The van der Waals surface area contributed by atoms with Gasteiger partial charge >= 0.3 is 0 Å². The van der Waals surface area contributed by atoms with Crippen LogP contribution in [-0.4, -0.2) is 25.2 Å². The van der Waals surface area contributed by atoms with E-state index in [9.17, 15) is 9.59 Å². The second-order valence-corrected chi connectivity index (χ2v) is 8.57. The first-order chi connectivity index (χ1) is 15.9. The summed E-state index contributed by atoms with van der Waals surface area (Å²) in [7, 11) is 0. The topological polar surface area (TPSA) is 95.8 Å². The molecule has 0 atom stereocenters. The SMILES string of the molecule is NC(=O)c1cccc(-n2ncc3c(=O)n(-c4ccccc4Cl)c(-c4ccc(Br)cc4)nc32)c1. The molecular weight excluding hydrogens is 506 g/mol. The van der Waals surface area contributed by atoms with Crippen molar-refractivity contribution in [3.63, 3.8) is 0 Å². The van der Waals surface area contributed by atoms with Crippen molar-refractivity contribution in [1.82, 2.24) is 19.3 Å². The number of hydrogen-bond acceptors (Lipinski definition) is 4. The number of amides is 1. The second kappa shape index (κ2) is 8.31. The molecule has 7 nitrogen and oxygen atoms in total. The molecule has 162 valence electrons. The maximum atomic E-state index is 13.7. The number of carbonyl (C=O) groups excluding carboxylic acids is 1. The molecule has 2 N–H and O–H groups in total. The van der Waals surface area contributed by atoms with Crippen LogP contribution in [0, 0.1) is 0 Å². The number of nitrogens with two attached hydrogens (primary N) is 1. The van der Waals surface area contributed by atoms with E-state index in [0.717, 1.165) is 10.0 Å². The minimum absolute atomic E-state index is 0.306. The van der Waals surface area contributed by atoms with Gasteiger partial charge in [-0.2, -0.15) is 5.10 Å². The Balaban J connectivity index is 1.84. The van der Waals surface area contributed by atoms with Gasteiger partial charge in [-0.25, -0.2) is 9.67 Å². The van der Waals surface area contributed by atoms with Crippen LogP contribution in [0.15, 0.2) is 88.3 Å². The summed E-state index contributed by atoms with van der Waals surface area (Å²) < 4.78 is 3.90. The molecule has 0 radical (unpaired) electrons. The summed E-state index contributed by atoms with van der Waals surface area (Å²) in [5.74, 6) is -0.154. The number of halogens is 2. The number of hydrogen-bond donors (Lipinski definition) is 1. The van der Waals surface area contributed by atoms with Gasteiger partial charge in [0.2, 0.25) is 5.91 Å². The standard InChI is InChI=1S/C24H15BrClN5O2/c25-16-10-8-14(9-11-16)22-29-23-18(24(33)30(22)20-7-2-1-6-19(20)26)13-28-31(23)17-5-3-4-15(12-17)21(27)32/h1-13H,(H2,27,32). The molecule has 0 unspecified atom stereocenters. The molecule has 0 aliphatic carbocycles. The Labute approximate surface area is 201 Å². The quantitative estimate of drug-likeness (QED) is 0.370. The molecule has 0 saturated carbocycles. The zero-order valence-electron chi connectivity index (χ0n) is 16.9. The van der Waals surface area contributed by atoms with Crippen molar-refractivity contribution in [2.75, 3.05) is 0 Å². The molecule has 2 aromatic heterocycles. The lowest BCUT2D eigenvalue weighted by atomic mass is 10.2. The van der Waals surface area contributed by atoms with E-state index in [1.54, 1.807) is 42.5 Å². The molecule has 2 heterocycles. The Hall–Kier alpha value is -3.75. The lowest BCUT2D eigenvalue weighted by molar-refractivity contribution is 0.1000. The zero-order valence-corrected chi connectivity index (χ0v) is 19.3. The van der Waals surface area contributed by atoms with Crippen molar-refractivity contribution in [3.05, 3.63) is 104 Å². The maximum Gasteiger partial charge on any atom is 0.269 e. The smallest absolute Gasteiger partial charge is 0.269 e. The van der Waals surface area contributed by atoms with Gasteiger partial charge in [0.15, 0.2) is 5.65 Å². The van der Waals surface area contributed by atoms with Crippen molar-refractivity contribution >= 4 is 44.5 Å². The molecule has 0 aliphatic rings. The van der Waals surface area contributed by atoms with Crippen LogP contribution in [0.1, 0.15) is 10.4 Å². The number of aromatic nitrogens is 4. The predicted octanol–water partition coefficient (Wildman–Crippen LogP) is 4.75. The largest absolute Gasteiger partial charge is 0.366 e. The highest BCUT2D eigenvalue weighted by Gasteiger charge is 2.20. The van der Waals surface area contributed by atoms with Crippen LogP contribution >= 0.6 is 27.5 Å². The van der Waals surface area contributed by atoms with Crippen LogP contribution in [0.3, 0.4) is 0 Å². The fraction of sp³-hybridized carbons (Fsp3) is 0. The summed E-state index contributed by atoms with van der Waals surface area (Å²) in [5.41, 5.74) is 7.58. The van der Waals surface area contributed by atoms with Crippen LogP contribution in [0.4, 0.5) is 0 Å². The van der Waals surface area contributed by atoms with E-state index in [1.807, 2.05) is 30.3 Å². The van der Waals surface area contributed by atoms with Crippen LogP contribution in [0.2, 0.25) is 5.02 Å². The summed E-state index contributed by atoms with van der Waals surface area (Å²) in [4.78, 5) is 30.2. The molecule has 0 aliphatic heterocycles. The number of benzene rings is 3.